The van der Waals surface area contributed by atoms with E-state index in [2.05, 4.69) is 17.6 Å². The van der Waals surface area contributed by atoms with Gasteiger partial charge in [-0.05, 0) is 38.3 Å². The molecule has 0 atom stereocenters. The first-order valence-electron chi connectivity index (χ1n) is 8.38. The average Bonchev–Trinajstić information content (AvgIpc) is 2.60. The maximum absolute atomic E-state index is 12.6. The Hall–Kier alpha value is -2.35. The summed E-state index contributed by atoms with van der Waals surface area (Å²) in [6.45, 7) is 6.51. The Labute approximate surface area is 147 Å². The topological polar surface area (TPSA) is 103 Å². The van der Waals surface area contributed by atoms with Crippen LogP contribution in [0.1, 0.15) is 37.0 Å². The van der Waals surface area contributed by atoms with Crippen LogP contribution in [0.15, 0.2) is 12.1 Å². The zero-order valence-electron chi connectivity index (χ0n) is 14.9. The average molecular weight is 351 g/mol. The summed E-state index contributed by atoms with van der Waals surface area (Å²) in [6.07, 6.45) is 1.89. The molecule has 0 aliphatic carbocycles. The van der Waals surface area contributed by atoms with E-state index in [-0.39, 0.29) is 22.4 Å². The van der Waals surface area contributed by atoms with Crippen molar-refractivity contribution in [3.63, 3.8) is 0 Å². The number of carbonyl (C=O) groups excluding carboxylic acids is 1. The van der Waals surface area contributed by atoms with Gasteiger partial charge >= 0.3 is 0 Å². The lowest BCUT2D eigenvalue weighted by atomic mass is 9.81. The second kappa shape index (κ2) is 8.15. The molecule has 1 aliphatic heterocycles. The van der Waals surface area contributed by atoms with Crippen molar-refractivity contribution >= 4 is 11.6 Å². The number of ether oxygens (including phenoxy) is 2. The highest BCUT2D eigenvalue weighted by atomic mass is 16.6. The van der Waals surface area contributed by atoms with Crippen LogP contribution in [0.4, 0.5) is 5.69 Å². The molecule has 0 unspecified atom stereocenters. The highest BCUT2D eigenvalue weighted by Gasteiger charge is 2.29. The van der Waals surface area contributed by atoms with E-state index in [0.717, 1.165) is 25.9 Å². The van der Waals surface area contributed by atoms with Crippen molar-refractivity contribution in [1.82, 2.24) is 10.6 Å². The minimum absolute atomic E-state index is 0.00889. The molecule has 1 amide bonds. The van der Waals surface area contributed by atoms with Gasteiger partial charge in [-0.15, -0.1) is 0 Å². The monoisotopic (exact) mass is 351 g/mol. The van der Waals surface area contributed by atoms with Gasteiger partial charge in [-0.1, -0.05) is 6.92 Å². The number of nitro groups is 1. The molecule has 0 saturated carbocycles. The SMILES string of the molecule is CCOc1cc([N+](=O)[O-])c(C(=O)NCC2(C)CCNCC2)cc1OC. The third-order valence-corrected chi connectivity index (χ3v) is 4.51. The Bertz CT molecular complexity index is 641. The van der Waals surface area contributed by atoms with Crippen LogP contribution in [0.2, 0.25) is 0 Å². The number of hydrogen-bond donors (Lipinski definition) is 2. The summed E-state index contributed by atoms with van der Waals surface area (Å²) in [5.41, 5.74) is -0.328. The van der Waals surface area contributed by atoms with E-state index in [9.17, 15) is 14.9 Å². The van der Waals surface area contributed by atoms with Crippen LogP contribution in [-0.4, -0.2) is 44.2 Å². The number of piperidine rings is 1. The van der Waals surface area contributed by atoms with E-state index in [1.165, 1.54) is 19.2 Å². The third-order valence-electron chi connectivity index (χ3n) is 4.51. The minimum Gasteiger partial charge on any atom is -0.493 e. The molecule has 1 aliphatic rings. The van der Waals surface area contributed by atoms with Gasteiger partial charge in [-0.2, -0.15) is 0 Å². The molecule has 1 saturated heterocycles. The van der Waals surface area contributed by atoms with E-state index in [0.29, 0.717) is 18.9 Å². The number of rotatable bonds is 7. The Balaban J connectivity index is 2.23. The molecule has 2 rings (SSSR count). The van der Waals surface area contributed by atoms with Crippen LogP contribution in [-0.2, 0) is 0 Å². The molecule has 0 bridgehead atoms. The van der Waals surface area contributed by atoms with Gasteiger partial charge in [0.25, 0.3) is 11.6 Å². The molecule has 0 radical (unpaired) electrons. The molecular formula is C17H25N3O5. The van der Waals surface area contributed by atoms with Gasteiger partial charge in [0, 0.05) is 12.6 Å². The number of hydrogen-bond acceptors (Lipinski definition) is 6. The lowest BCUT2D eigenvalue weighted by Gasteiger charge is -2.34. The van der Waals surface area contributed by atoms with Gasteiger partial charge in [0.2, 0.25) is 0 Å². The Morgan fingerprint density at radius 3 is 2.60 bits per heavy atom. The molecule has 1 aromatic rings. The van der Waals surface area contributed by atoms with Crippen molar-refractivity contribution in [2.45, 2.75) is 26.7 Å². The quantitative estimate of drug-likeness (QED) is 0.576. The maximum atomic E-state index is 12.6. The number of nitrogens with zero attached hydrogens (tertiary/aromatic N) is 1. The van der Waals surface area contributed by atoms with Crippen LogP contribution in [0.3, 0.4) is 0 Å². The number of nitro benzene ring substituents is 1. The van der Waals surface area contributed by atoms with Crippen LogP contribution in [0, 0.1) is 15.5 Å². The first kappa shape index (κ1) is 19.0. The minimum atomic E-state index is -0.580. The first-order valence-corrected chi connectivity index (χ1v) is 8.38. The first-order chi connectivity index (χ1) is 11.9. The van der Waals surface area contributed by atoms with Gasteiger partial charge in [-0.25, -0.2) is 0 Å². The molecule has 0 spiro atoms. The molecule has 2 N–H and O–H groups in total. The lowest BCUT2D eigenvalue weighted by Crippen LogP contribution is -2.43. The number of carbonyl (C=O) groups is 1. The molecular weight excluding hydrogens is 326 g/mol. The highest BCUT2D eigenvalue weighted by Crippen LogP contribution is 2.35. The van der Waals surface area contributed by atoms with Crippen LogP contribution in [0.25, 0.3) is 0 Å². The fourth-order valence-electron chi connectivity index (χ4n) is 2.91. The summed E-state index contributed by atoms with van der Waals surface area (Å²) >= 11 is 0. The van der Waals surface area contributed by atoms with E-state index in [1.807, 2.05) is 0 Å². The van der Waals surface area contributed by atoms with Crippen LogP contribution < -0.4 is 20.1 Å². The molecule has 8 heteroatoms. The molecule has 25 heavy (non-hydrogen) atoms. The van der Waals surface area contributed by atoms with Gasteiger partial charge < -0.3 is 20.1 Å². The summed E-state index contributed by atoms with van der Waals surface area (Å²) in [5, 5.41) is 17.5. The Morgan fingerprint density at radius 2 is 2.04 bits per heavy atom. The van der Waals surface area contributed by atoms with Gasteiger partial charge in [0.15, 0.2) is 11.5 Å². The molecule has 0 aromatic heterocycles. The zero-order valence-corrected chi connectivity index (χ0v) is 14.9. The molecule has 8 nitrogen and oxygen atoms in total. The fraction of sp³-hybridized carbons (Fsp3) is 0.588. The maximum Gasteiger partial charge on any atom is 0.286 e. The van der Waals surface area contributed by atoms with Gasteiger partial charge in [0.1, 0.15) is 5.56 Å². The van der Waals surface area contributed by atoms with Gasteiger partial charge in [-0.3, -0.25) is 14.9 Å². The summed E-state index contributed by atoms with van der Waals surface area (Å²) < 4.78 is 10.6. The molecule has 1 heterocycles. The molecule has 1 fully saturated rings. The number of methoxy groups -OCH3 is 1. The van der Waals surface area contributed by atoms with Crippen LogP contribution in [0.5, 0.6) is 11.5 Å². The Morgan fingerprint density at radius 1 is 1.36 bits per heavy atom. The van der Waals surface area contributed by atoms with Crippen molar-refractivity contribution in [1.29, 1.82) is 0 Å². The normalized spacial score (nSPS) is 16.1. The summed E-state index contributed by atoms with van der Waals surface area (Å²) in [5.74, 6) is 0.0667. The third kappa shape index (κ3) is 4.60. The fourth-order valence-corrected chi connectivity index (χ4v) is 2.91. The van der Waals surface area contributed by atoms with E-state index in [1.54, 1.807) is 6.92 Å². The second-order valence-electron chi connectivity index (χ2n) is 6.45. The number of amides is 1. The second-order valence-corrected chi connectivity index (χ2v) is 6.45. The largest absolute Gasteiger partial charge is 0.493 e. The highest BCUT2D eigenvalue weighted by molar-refractivity contribution is 5.99. The summed E-state index contributed by atoms with van der Waals surface area (Å²) in [4.78, 5) is 23.4. The predicted molar refractivity (Wildman–Crippen MR) is 93.4 cm³/mol. The molecule has 1 aromatic carbocycles. The predicted octanol–water partition coefficient (Wildman–Crippen LogP) is 2.12. The zero-order chi connectivity index (χ0) is 18.4. The molecule has 138 valence electrons. The van der Waals surface area contributed by atoms with E-state index in [4.69, 9.17) is 9.47 Å². The summed E-state index contributed by atoms with van der Waals surface area (Å²) in [6, 6.07) is 2.60. The number of benzene rings is 1. The van der Waals surface area contributed by atoms with Crippen molar-refractivity contribution in [3.8, 4) is 11.5 Å². The Kier molecular flexibility index (Phi) is 6.19. The van der Waals surface area contributed by atoms with Crippen LogP contribution >= 0.6 is 0 Å². The lowest BCUT2D eigenvalue weighted by molar-refractivity contribution is -0.385. The van der Waals surface area contributed by atoms with E-state index >= 15 is 0 Å². The number of nitrogens with one attached hydrogen (secondary N) is 2. The van der Waals surface area contributed by atoms with Gasteiger partial charge in [0.05, 0.1) is 24.7 Å². The van der Waals surface area contributed by atoms with Crippen molar-refractivity contribution in [2.24, 2.45) is 5.41 Å². The smallest absolute Gasteiger partial charge is 0.286 e. The van der Waals surface area contributed by atoms with Crippen molar-refractivity contribution in [2.75, 3.05) is 33.4 Å². The van der Waals surface area contributed by atoms with Crippen molar-refractivity contribution < 1.29 is 19.2 Å². The standard InChI is InChI=1S/C17H25N3O5/c1-4-25-15-10-13(20(22)23)12(9-14(15)24-3)16(21)19-11-17(2)5-7-18-8-6-17/h9-10,18H,4-8,11H2,1-3H3,(H,19,21). The van der Waals surface area contributed by atoms with Crippen molar-refractivity contribution in [3.05, 3.63) is 27.8 Å². The van der Waals surface area contributed by atoms with E-state index < -0.39 is 10.8 Å². The summed E-state index contributed by atoms with van der Waals surface area (Å²) in [7, 11) is 1.43.